The van der Waals surface area contributed by atoms with Gasteiger partial charge in [0, 0.05) is 24.7 Å². The van der Waals surface area contributed by atoms with Crippen LogP contribution in [0.25, 0.3) is 0 Å². The van der Waals surface area contributed by atoms with Crippen molar-refractivity contribution in [1.29, 1.82) is 2.61 Å². The lowest BCUT2D eigenvalue weighted by atomic mass is 9.87. The number of hydrogen-bond acceptors (Lipinski definition) is 5. The first-order valence-electron chi connectivity index (χ1n) is 6.40. The van der Waals surface area contributed by atoms with Crippen molar-refractivity contribution >= 4 is 32.6 Å². The monoisotopic (exact) mass is 280 g/mol. The molecular formula is C10H19BO4PS. The van der Waals surface area contributed by atoms with Crippen LogP contribution in [0, 0.1) is 11.3 Å². The van der Waals surface area contributed by atoms with Gasteiger partial charge < -0.3 is 13.7 Å². The van der Waals surface area contributed by atoms with Crippen molar-refractivity contribution in [1.82, 2.24) is 0 Å². The van der Waals surface area contributed by atoms with Crippen LogP contribution in [-0.2, 0) is 18.5 Å². The van der Waals surface area contributed by atoms with Crippen molar-refractivity contribution in [3.8, 4) is 0 Å². The zero-order valence-corrected chi connectivity index (χ0v) is 12.1. The highest BCUT2D eigenvalue weighted by molar-refractivity contribution is 8.53. The van der Waals surface area contributed by atoms with E-state index in [4.69, 9.17) is 16.3 Å². The molecule has 3 atom stereocenters. The third-order valence-corrected chi connectivity index (χ3v) is 3.96. The molecule has 0 saturated heterocycles. The van der Waals surface area contributed by atoms with Gasteiger partial charge in [0.2, 0.25) is 0 Å². The van der Waals surface area contributed by atoms with Gasteiger partial charge in [-0.2, -0.15) is 0 Å². The average molecular weight is 280 g/mol. The zero-order valence-electron chi connectivity index (χ0n) is 12.3. The molecule has 1 aliphatic carbocycles. The topological polar surface area (TPSA) is 44.8 Å². The van der Waals surface area contributed by atoms with Gasteiger partial charge in [-0.3, -0.25) is 4.79 Å². The average Bonchev–Trinajstić information content (AvgIpc) is 2.59. The second-order valence-electron chi connectivity index (χ2n) is 4.54. The predicted molar refractivity (Wildman–Crippen MR) is 72.7 cm³/mol. The van der Waals surface area contributed by atoms with Gasteiger partial charge in [-0.05, 0) is 7.76 Å². The van der Waals surface area contributed by atoms with Crippen molar-refractivity contribution in [2.24, 2.45) is 11.3 Å². The summed E-state index contributed by atoms with van der Waals surface area (Å²) in [5.74, 6) is -0.0862. The van der Waals surface area contributed by atoms with Crippen LogP contribution in [0.5, 0.6) is 0 Å². The fourth-order valence-corrected chi connectivity index (χ4v) is 2.71. The summed E-state index contributed by atoms with van der Waals surface area (Å²) in [6.07, 6.45) is 0.440. The standard InChI is InChI=1S/C10H19BO4PS/c1-10(2)8(14-6-13-3)4-7(9(10)12)5-15-17-16-11/h7-8,11,16H,4-6H2,1-3H3/i11T,16D. The molecule has 3 unspecified atom stereocenters. The van der Waals surface area contributed by atoms with Crippen LogP contribution in [0.3, 0.4) is 0 Å². The van der Waals surface area contributed by atoms with Gasteiger partial charge in [0.1, 0.15) is 20.1 Å². The minimum absolute atomic E-state index is 0.123. The molecule has 0 aromatic rings. The molecule has 0 spiro atoms. The minimum atomic E-state index is -1.33. The van der Waals surface area contributed by atoms with E-state index < -0.39 is 13.0 Å². The number of carbonyl (C=O) groups excluding carboxylic acids is 1. The number of methoxy groups -OCH3 is 1. The van der Waals surface area contributed by atoms with E-state index in [1.54, 1.807) is 7.11 Å². The van der Waals surface area contributed by atoms with E-state index in [0.29, 0.717) is 6.42 Å². The molecule has 1 aliphatic rings. The van der Waals surface area contributed by atoms with E-state index in [0.717, 1.165) is 19.2 Å². The number of rotatable bonds is 8. The second-order valence-corrected chi connectivity index (χ2v) is 6.22. The van der Waals surface area contributed by atoms with Crippen LogP contribution in [0.1, 0.15) is 20.3 Å². The molecule has 7 heteroatoms. The van der Waals surface area contributed by atoms with Crippen LogP contribution in [-0.4, -0.2) is 42.5 Å². The van der Waals surface area contributed by atoms with E-state index in [1.165, 1.54) is 0 Å². The summed E-state index contributed by atoms with van der Waals surface area (Å²) in [5, 5.41) is 0. The van der Waals surface area contributed by atoms with Crippen molar-refractivity contribution in [2.75, 3.05) is 20.5 Å². The van der Waals surface area contributed by atoms with Gasteiger partial charge in [-0.25, -0.2) is 0 Å². The lowest BCUT2D eigenvalue weighted by Gasteiger charge is -2.24. The molecule has 97 valence electrons. The number of ketones is 1. The smallest absolute Gasteiger partial charge is 0.146 e. The normalized spacial score (nSPS) is 30.9. The molecule has 0 N–H and O–H groups in total. The lowest BCUT2D eigenvalue weighted by Crippen LogP contribution is -2.32. The van der Waals surface area contributed by atoms with E-state index in [1.807, 2.05) is 13.8 Å². The van der Waals surface area contributed by atoms with Gasteiger partial charge in [-0.1, -0.05) is 21.5 Å². The first-order valence-corrected chi connectivity index (χ1v) is 7.68. The second kappa shape index (κ2) is 7.10. The Morgan fingerprint density at radius 2 is 2.59 bits per heavy atom. The summed E-state index contributed by atoms with van der Waals surface area (Å²) in [7, 11) is 1.26. The fraction of sp³-hybridized carbons (Fsp3) is 0.900. The quantitative estimate of drug-likeness (QED) is 0.293. The summed E-state index contributed by atoms with van der Waals surface area (Å²) in [5.41, 5.74) is -0.537. The van der Waals surface area contributed by atoms with E-state index >= 15 is 0 Å². The van der Waals surface area contributed by atoms with Crippen LogP contribution >= 0.6 is 19.3 Å². The Balaban J connectivity index is 2.46. The molecule has 0 heterocycles. The Morgan fingerprint density at radius 3 is 3.24 bits per heavy atom. The molecule has 0 amide bonds. The Labute approximate surface area is 112 Å². The molecular weight excluding hydrogens is 258 g/mol. The lowest BCUT2D eigenvalue weighted by molar-refractivity contribution is -0.136. The summed E-state index contributed by atoms with van der Waals surface area (Å²) in [6.45, 7) is 4.19. The van der Waals surface area contributed by atoms with Gasteiger partial charge in [0.25, 0.3) is 0 Å². The number of carbonyl (C=O) groups is 1. The van der Waals surface area contributed by atoms with E-state index in [-0.39, 0.29) is 31.2 Å². The van der Waals surface area contributed by atoms with Gasteiger partial charge in [-0.15, -0.1) is 0 Å². The van der Waals surface area contributed by atoms with Crippen LogP contribution < -0.4 is 0 Å². The third-order valence-electron chi connectivity index (χ3n) is 3.06. The van der Waals surface area contributed by atoms with Crippen LogP contribution in [0.4, 0.5) is 0 Å². The fourth-order valence-electron chi connectivity index (χ4n) is 2.06. The number of ether oxygens (including phenoxy) is 2. The first kappa shape index (κ1) is 12.4. The summed E-state index contributed by atoms with van der Waals surface area (Å²) >= 11 is 0.955. The molecule has 0 bridgehead atoms. The van der Waals surface area contributed by atoms with Crippen LogP contribution in [0.2, 0.25) is 0 Å². The highest BCUT2D eigenvalue weighted by atomic mass is 32.7. The molecule has 0 aliphatic heterocycles. The first-order chi connectivity index (χ1) is 8.93. The number of Topliss-reactive ketones (excluding diaryl/α,β-unsaturated/α-hetero) is 1. The summed E-state index contributed by atoms with van der Waals surface area (Å²) in [6, 6.07) is 0. The maximum atomic E-state index is 12.2. The third kappa shape index (κ3) is 3.93. The molecule has 17 heavy (non-hydrogen) atoms. The number of hydrogen-bond donors (Lipinski definition) is 0. The van der Waals surface area contributed by atoms with E-state index in [2.05, 4.69) is 0 Å². The van der Waals surface area contributed by atoms with Gasteiger partial charge >= 0.3 is 0 Å². The Morgan fingerprint density at radius 1 is 1.82 bits per heavy atom. The SMILES string of the molecule is [2H]P([B][3H])SOCC1CC(OCOC)C(C)(C)C1=O. The van der Waals surface area contributed by atoms with Crippen molar-refractivity contribution in [2.45, 2.75) is 26.4 Å². The Bertz CT molecular complexity index is 311. The minimum Gasteiger partial charge on any atom is -0.359 e. The Hall–Kier alpha value is 0.395. The van der Waals surface area contributed by atoms with Crippen molar-refractivity contribution in [3.63, 3.8) is 0 Å². The molecule has 4 nitrogen and oxygen atoms in total. The molecule has 1 rings (SSSR count). The van der Waals surface area contributed by atoms with Gasteiger partial charge in [0.05, 0.1) is 19.4 Å². The zero-order chi connectivity index (χ0) is 14.5. The molecule has 1 fully saturated rings. The van der Waals surface area contributed by atoms with Crippen molar-refractivity contribution in [3.05, 3.63) is 0 Å². The summed E-state index contributed by atoms with van der Waals surface area (Å²) in [4.78, 5) is 12.2. The maximum absolute atomic E-state index is 12.2. The molecule has 1 radical (unpaired) electrons. The van der Waals surface area contributed by atoms with Crippen molar-refractivity contribution < 1.29 is 18.5 Å². The maximum Gasteiger partial charge on any atom is 0.146 e. The van der Waals surface area contributed by atoms with Crippen LogP contribution in [0.15, 0.2) is 0 Å². The predicted octanol–water partition coefficient (Wildman–Crippen LogP) is 1.66. The highest BCUT2D eigenvalue weighted by Crippen LogP contribution is 2.41. The highest BCUT2D eigenvalue weighted by Gasteiger charge is 2.49. The van der Waals surface area contributed by atoms with Gasteiger partial charge in [0.15, 0.2) is 0 Å². The molecule has 0 aromatic heterocycles. The summed E-state index contributed by atoms with van der Waals surface area (Å²) < 4.78 is 30.0. The largest absolute Gasteiger partial charge is 0.359 e. The molecule has 0 aromatic carbocycles. The Kier molecular flexibility index (Phi) is 5.19. The van der Waals surface area contributed by atoms with E-state index in [9.17, 15) is 4.79 Å². The molecule has 1 saturated carbocycles.